The van der Waals surface area contributed by atoms with Crippen LogP contribution in [0.1, 0.15) is 68.0 Å². The fourth-order valence-corrected chi connectivity index (χ4v) is 6.04. The summed E-state index contributed by atoms with van der Waals surface area (Å²) in [5, 5.41) is 16.0. The summed E-state index contributed by atoms with van der Waals surface area (Å²) in [6.45, 7) is 4.89. The van der Waals surface area contributed by atoms with Crippen LogP contribution in [0.15, 0.2) is 97.2 Å². The van der Waals surface area contributed by atoms with Crippen LogP contribution in [-0.2, 0) is 43.5 Å². The molecule has 11 nitrogen and oxygen atoms in total. The molecule has 268 valence electrons. The van der Waals surface area contributed by atoms with Gasteiger partial charge in [-0.1, -0.05) is 99.4 Å². The number of alkyl halides is 2. The molecule has 3 aromatic carbocycles. The Labute approximate surface area is 294 Å². The molecule has 1 aliphatic rings. The van der Waals surface area contributed by atoms with Crippen LogP contribution >= 0.6 is 0 Å². The lowest BCUT2D eigenvalue weighted by atomic mass is 9.72. The molecule has 0 saturated carbocycles. The first-order valence-corrected chi connectivity index (χ1v) is 16.6. The lowest BCUT2D eigenvalue weighted by Gasteiger charge is -2.46. The number of halogens is 2. The van der Waals surface area contributed by atoms with Crippen LogP contribution in [0.3, 0.4) is 0 Å². The Morgan fingerprint density at radius 3 is 2.25 bits per heavy atom. The summed E-state index contributed by atoms with van der Waals surface area (Å²) in [4.78, 5) is 50.5. The highest BCUT2D eigenvalue weighted by molar-refractivity contribution is 5.89. The minimum atomic E-state index is -4.31. The Hall–Kier alpha value is -5.56. The van der Waals surface area contributed by atoms with Crippen molar-refractivity contribution in [2.75, 3.05) is 0 Å². The number of amides is 2. The summed E-state index contributed by atoms with van der Waals surface area (Å²) in [7, 11) is 0. The number of phenols is 1. The Morgan fingerprint density at radius 2 is 1.61 bits per heavy atom. The molecule has 1 unspecified atom stereocenters. The number of unbranched alkanes of at least 4 members (excludes halogenated alkanes) is 1. The maximum atomic E-state index is 17.0. The Kier molecular flexibility index (Phi) is 11.2. The Bertz CT molecular complexity index is 1840. The number of rotatable bonds is 12. The summed E-state index contributed by atoms with van der Waals surface area (Å²) in [5.41, 5.74) is -3.15. The van der Waals surface area contributed by atoms with Gasteiger partial charge in [0, 0.05) is 24.2 Å². The lowest BCUT2D eigenvalue weighted by molar-refractivity contribution is -0.216. The average molecular weight is 703 g/mol. The molecule has 1 aromatic heterocycles. The minimum Gasteiger partial charge on any atom is -0.508 e. The normalized spacial score (nSPS) is 19.5. The van der Waals surface area contributed by atoms with Crippen molar-refractivity contribution in [1.29, 1.82) is 0 Å². The summed E-state index contributed by atoms with van der Waals surface area (Å²) in [6.07, 6.45) is 1.02. The van der Waals surface area contributed by atoms with Crippen LogP contribution in [-0.4, -0.2) is 34.1 Å². The van der Waals surface area contributed by atoms with Gasteiger partial charge in [-0.05, 0) is 47.2 Å². The third-order valence-corrected chi connectivity index (χ3v) is 8.69. The van der Waals surface area contributed by atoms with Crippen molar-refractivity contribution < 1.29 is 42.6 Å². The third kappa shape index (κ3) is 7.63. The molecule has 5 rings (SSSR count). The van der Waals surface area contributed by atoms with Crippen molar-refractivity contribution in [3.63, 3.8) is 0 Å². The maximum Gasteiger partial charge on any atom is 0.408 e. The maximum absolute atomic E-state index is 17.0. The number of hydrogen-bond donors (Lipinski definition) is 4. The lowest BCUT2D eigenvalue weighted by Crippen LogP contribution is -2.69. The highest BCUT2D eigenvalue weighted by Crippen LogP contribution is 2.49. The van der Waals surface area contributed by atoms with Crippen molar-refractivity contribution in [2.45, 2.75) is 70.4 Å². The van der Waals surface area contributed by atoms with E-state index in [0.717, 1.165) is 11.6 Å². The number of ether oxygens (including phenoxy) is 2. The van der Waals surface area contributed by atoms with E-state index in [1.54, 1.807) is 49.7 Å². The van der Waals surface area contributed by atoms with Gasteiger partial charge in [-0.2, -0.15) is 8.78 Å². The van der Waals surface area contributed by atoms with Crippen LogP contribution in [0.5, 0.6) is 11.5 Å². The summed E-state index contributed by atoms with van der Waals surface area (Å²) in [6, 6.07) is 19.9. The number of hydroxylamine groups is 1. The molecular formula is C38H40F2N4O7. The second-order valence-electron chi connectivity index (χ2n) is 12.5. The molecule has 0 spiro atoms. The largest absolute Gasteiger partial charge is 0.508 e. The van der Waals surface area contributed by atoms with Crippen LogP contribution in [0.25, 0.3) is 0 Å². The zero-order valence-electron chi connectivity index (χ0n) is 28.5. The van der Waals surface area contributed by atoms with E-state index in [2.05, 4.69) is 15.6 Å². The molecule has 0 radical (unpaired) electrons. The average Bonchev–Trinajstić information content (AvgIpc) is 3.12. The van der Waals surface area contributed by atoms with Gasteiger partial charge in [0.2, 0.25) is 5.91 Å². The van der Waals surface area contributed by atoms with Crippen molar-refractivity contribution in [1.82, 2.24) is 21.1 Å². The first-order valence-electron chi connectivity index (χ1n) is 16.6. The summed E-state index contributed by atoms with van der Waals surface area (Å²) in [5.74, 6) is -3.36. The van der Waals surface area contributed by atoms with Gasteiger partial charge in [0.05, 0.1) is 5.69 Å². The van der Waals surface area contributed by atoms with E-state index in [0.29, 0.717) is 18.4 Å². The second kappa shape index (κ2) is 15.5. The van der Waals surface area contributed by atoms with Gasteiger partial charge in [0.25, 0.3) is 0 Å². The molecule has 2 heterocycles. The van der Waals surface area contributed by atoms with Crippen molar-refractivity contribution in [3.05, 3.63) is 125 Å². The smallest absolute Gasteiger partial charge is 0.408 e. The molecular weight excluding hydrogens is 662 g/mol. The zero-order chi connectivity index (χ0) is 36.6. The van der Waals surface area contributed by atoms with Crippen molar-refractivity contribution >= 4 is 18.0 Å². The number of aromatic hydroxyl groups is 1. The fraction of sp³-hybridized carbons (Fsp3) is 0.316. The minimum absolute atomic E-state index is 0.00103. The summed E-state index contributed by atoms with van der Waals surface area (Å²) >= 11 is 0. The molecule has 4 N–H and O–H groups in total. The number of alkyl carbamates (subject to hydrolysis) is 1. The zero-order valence-corrected chi connectivity index (χ0v) is 28.5. The third-order valence-electron chi connectivity index (χ3n) is 8.69. The van der Waals surface area contributed by atoms with E-state index in [4.69, 9.17) is 14.3 Å². The number of aromatic nitrogens is 1. The van der Waals surface area contributed by atoms with E-state index in [9.17, 15) is 19.5 Å². The van der Waals surface area contributed by atoms with Crippen LogP contribution < -0.4 is 20.9 Å². The number of fused-ring (bicyclic) bond motifs is 1. The molecule has 13 heteroatoms. The first-order chi connectivity index (χ1) is 24.4. The number of nitrogens with zero attached hydrogens (tertiary/aromatic N) is 1. The van der Waals surface area contributed by atoms with Crippen LogP contribution in [0.4, 0.5) is 13.6 Å². The van der Waals surface area contributed by atoms with Gasteiger partial charge < -0.3 is 30.1 Å². The fourth-order valence-electron chi connectivity index (χ4n) is 6.04. The van der Waals surface area contributed by atoms with Gasteiger partial charge in [-0.15, -0.1) is 0 Å². The molecule has 2 atom stereocenters. The molecule has 0 aliphatic carbocycles. The number of pyridine rings is 1. The van der Waals surface area contributed by atoms with Crippen LogP contribution in [0, 0.1) is 5.92 Å². The molecule has 51 heavy (non-hydrogen) atoms. The van der Waals surface area contributed by atoms with E-state index in [-0.39, 0.29) is 36.5 Å². The molecule has 0 fully saturated rings. The van der Waals surface area contributed by atoms with Gasteiger partial charge in [-0.3, -0.25) is 9.78 Å². The first kappa shape index (κ1) is 36.7. The standard InChI is InChI=1S/C38H40F2N4O7/c1-4-5-18-32(46)42-37(28-20-29(45)22-30(21-28)49-23-26-13-8-6-9-14-26)33-31(17-12-19-41-33)36(25(2)3,34(47)51-44-38(37,39)40)43-35(48)50-24-27-15-10-7-11-16-27/h6-17,19-22,25,44-45H,4-5,18,23-24H2,1-3H3,(H,42,46)(H,43,48)/t36-,37?/m0/s1. The number of carbonyl (C=O) groups is 3. The highest BCUT2D eigenvalue weighted by atomic mass is 19.3. The van der Waals surface area contributed by atoms with Crippen molar-refractivity contribution in [2.24, 2.45) is 5.92 Å². The van der Waals surface area contributed by atoms with Gasteiger partial charge in [0.1, 0.15) is 24.7 Å². The van der Waals surface area contributed by atoms with E-state index >= 15 is 8.78 Å². The number of phenolic OH excluding ortho intramolecular Hbond substituents is 1. The topological polar surface area (TPSA) is 148 Å². The molecule has 1 aliphatic heterocycles. The number of hydrogen-bond acceptors (Lipinski definition) is 9. The second-order valence-corrected chi connectivity index (χ2v) is 12.5. The molecule has 0 saturated heterocycles. The van der Waals surface area contributed by atoms with Crippen molar-refractivity contribution in [3.8, 4) is 11.5 Å². The van der Waals surface area contributed by atoms with E-state index in [1.165, 1.54) is 30.5 Å². The van der Waals surface area contributed by atoms with E-state index < -0.39 is 52.5 Å². The monoisotopic (exact) mass is 702 g/mol. The summed E-state index contributed by atoms with van der Waals surface area (Å²) < 4.78 is 45.5. The van der Waals surface area contributed by atoms with Gasteiger partial charge in [-0.25, -0.2) is 9.59 Å². The number of carbonyl (C=O) groups excluding carboxylic acids is 3. The molecule has 4 aromatic rings. The Morgan fingerprint density at radius 1 is 0.941 bits per heavy atom. The number of benzene rings is 3. The predicted molar refractivity (Wildman–Crippen MR) is 182 cm³/mol. The molecule has 2 amide bonds. The van der Waals surface area contributed by atoms with Crippen LogP contribution in [0.2, 0.25) is 0 Å². The highest BCUT2D eigenvalue weighted by Gasteiger charge is 2.65. The SMILES string of the molecule is CCCCC(=O)NC1(c2cc(O)cc(OCc3ccccc3)c2)c2ncccc2[C@@](NC(=O)OCc2ccccc2)(C(C)C)C(=O)ONC1(F)F. The Balaban J connectivity index is 1.70. The number of nitrogens with one attached hydrogen (secondary N) is 3. The van der Waals surface area contributed by atoms with E-state index in [1.807, 2.05) is 37.3 Å². The van der Waals surface area contributed by atoms with Gasteiger partial charge in [0.15, 0.2) is 11.1 Å². The van der Waals surface area contributed by atoms with Gasteiger partial charge >= 0.3 is 18.1 Å². The molecule has 0 bridgehead atoms. The quantitative estimate of drug-likeness (QED) is 0.124. The predicted octanol–water partition coefficient (Wildman–Crippen LogP) is 6.35.